The van der Waals surface area contributed by atoms with Gasteiger partial charge in [0.25, 0.3) is 0 Å². The van der Waals surface area contributed by atoms with E-state index >= 15 is 0 Å². The van der Waals surface area contributed by atoms with Crippen LogP contribution in [0.3, 0.4) is 0 Å². The molecule has 1 amide bonds. The predicted octanol–water partition coefficient (Wildman–Crippen LogP) is 4.61. The first kappa shape index (κ1) is 16.7. The average Bonchev–Trinajstić information content (AvgIpc) is 2.51. The number of rotatable bonds is 7. The topological polar surface area (TPSA) is 38.3 Å². The van der Waals surface area contributed by atoms with Gasteiger partial charge in [0.15, 0.2) is 0 Å². The van der Waals surface area contributed by atoms with E-state index in [-0.39, 0.29) is 5.91 Å². The third kappa shape index (κ3) is 5.28. The van der Waals surface area contributed by atoms with Crippen LogP contribution in [0, 0.1) is 0 Å². The molecular formula is C17H18ClNO2S. The van der Waals surface area contributed by atoms with Gasteiger partial charge in [0, 0.05) is 10.8 Å². The maximum atomic E-state index is 12.0. The molecule has 0 saturated carbocycles. The zero-order valence-electron chi connectivity index (χ0n) is 12.3. The number of hydrogen-bond acceptors (Lipinski definition) is 3. The highest BCUT2D eigenvalue weighted by Gasteiger charge is 2.07. The number of para-hydroxylation sites is 2. The van der Waals surface area contributed by atoms with Crippen LogP contribution in [-0.2, 0) is 10.5 Å². The summed E-state index contributed by atoms with van der Waals surface area (Å²) < 4.78 is 5.49. The van der Waals surface area contributed by atoms with Crippen LogP contribution in [0.15, 0.2) is 48.5 Å². The van der Waals surface area contributed by atoms with Crippen molar-refractivity contribution in [2.75, 3.05) is 17.7 Å². The molecule has 0 bridgehead atoms. The van der Waals surface area contributed by atoms with Crippen molar-refractivity contribution in [2.24, 2.45) is 0 Å². The molecule has 1 N–H and O–H groups in total. The summed E-state index contributed by atoms with van der Waals surface area (Å²) in [4.78, 5) is 12.0. The number of carbonyl (C=O) groups is 1. The molecule has 2 aromatic carbocycles. The van der Waals surface area contributed by atoms with Gasteiger partial charge in [0.05, 0.1) is 18.0 Å². The fourth-order valence-electron chi connectivity index (χ4n) is 1.88. The van der Waals surface area contributed by atoms with Gasteiger partial charge in [-0.25, -0.2) is 0 Å². The zero-order chi connectivity index (χ0) is 15.8. The summed E-state index contributed by atoms with van der Waals surface area (Å²) in [6.07, 6.45) is 0. The van der Waals surface area contributed by atoms with Crippen LogP contribution in [0.2, 0.25) is 5.02 Å². The first-order chi connectivity index (χ1) is 10.7. The lowest BCUT2D eigenvalue weighted by molar-refractivity contribution is -0.113. The second kappa shape index (κ2) is 8.71. The highest BCUT2D eigenvalue weighted by Crippen LogP contribution is 2.24. The van der Waals surface area contributed by atoms with Crippen LogP contribution in [0.5, 0.6) is 5.75 Å². The number of halogens is 1. The molecule has 0 radical (unpaired) electrons. The molecular weight excluding hydrogens is 318 g/mol. The van der Waals surface area contributed by atoms with Gasteiger partial charge in [-0.2, -0.15) is 0 Å². The lowest BCUT2D eigenvalue weighted by Crippen LogP contribution is -2.15. The number of anilines is 1. The molecule has 0 unspecified atom stereocenters. The molecule has 3 nitrogen and oxygen atoms in total. The first-order valence-corrected chi connectivity index (χ1v) is 8.56. The molecule has 0 aliphatic heterocycles. The Bertz CT molecular complexity index is 616. The average molecular weight is 336 g/mol. The smallest absolute Gasteiger partial charge is 0.234 e. The maximum absolute atomic E-state index is 12.0. The summed E-state index contributed by atoms with van der Waals surface area (Å²) in [5.74, 6) is 1.83. The van der Waals surface area contributed by atoms with Gasteiger partial charge >= 0.3 is 0 Å². The number of nitrogens with one attached hydrogen (secondary N) is 1. The lowest BCUT2D eigenvalue weighted by atomic mass is 10.2. The molecule has 0 atom stereocenters. The number of hydrogen-bond donors (Lipinski definition) is 1. The minimum Gasteiger partial charge on any atom is -0.492 e. The number of thioether (sulfide) groups is 1. The highest BCUT2D eigenvalue weighted by molar-refractivity contribution is 7.99. The Morgan fingerprint density at radius 1 is 1.18 bits per heavy atom. The SMILES string of the molecule is CCOc1ccccc1NC(=O)CSCc1ccc(Cl)cc1. The predicted molar refractivity (Wildman–Crippen MR) is 93.9 cm³/mol. The van der Waals surface area contributed by atoms with Gasteiger partial charge in [-0.1, -0.05) is 35.9 Å². The fraction of sp³-hybridized carbons (Fsp3) is 0.235. The molecule has 0 saturated heterocycles. The third-order valence-electron chi connectivity index (χ3n) is 2.88. The van der Waals surface area contributed by atoms with Gasteiger partial charge < -0.3 is 10.1 Å². The van der Waals surface area contributed by atoms with Crippen LogP contribution >= 0.6 is 23.4 Å². The largest absolute Gasteiger partial charge is 0.492 e. The maximum Gasteiger partial charge on any atom is 0.234 e. The Morgan fingerprint density at radius 2 is 1.91 bits per heavy atom. The molecule has 22 heavy (non-hydrogen) atoms. The molecule has 0 aromatic heterocycles. The first-order valence-electron chi connectivity index (χ1n) is 7.03. The second-order valence-corrected chi connectivity index (χ2v) is 6.02. The Kier molecular flexibility index (Phi) is 6.62. The minimum absolute atomic E-state index is 0.0360. The minimum atomic E-state index is -0.0360. The monoisotopic (exact) mass is 335 g/mol. The molecule has 116 valence electrons. The van der Waals surface area contributed by atoms with E-state index in [1.54, 1.807) is 11.8 Å². The van der Waals surface area contributed by atoms with Gasteiger partial charge in [-0.15, -0.1) is 11.8 Å². The molecule has 0 aliphatic carbocycles. The van der Waals surface area contributed by atoms with Crippen LogP contribution in [0.25, 0.3) is 0 Å². The van der Waals surface area contributed by atoms with Crippen molar-refractivity contribution in [3.63, 3.8) is 0 Å². The quantitative estimate of drug-likeness (QED) is 0.803. The number of ether oxygens (including phenoxy) is 1. The van der Waals surface area contributed by atoms with E-state index < -0.39 is 0 Å². The van der Waals surface area contributed by atoms with E-state index in [1.165, 1.54) is 0 Å². The Hall–Kier alpha value is -1.65. The van der Waals surface area contributed by atoms with Crippen molar-refractivity contribution in [1.82, 2.24) is 0 Å². The fourth-order valence-corrected chi connectivity index (χ4v) is 2.79. The van der Waals surface area contributed by atoms with Crippen LogP contribution in [0.4, 0.5) is 5.69 Å². The van der Waals surface area contributed by atoms with Gasteiger partial charge in [-0.05, 0) is 36.8 Å². The normalized spacial score (nSPS) is 10.3. The van der Waals surface area contributed by atoms with Crippen LogP contribution in [0.1, 0.15) is 12.5 Å². The van der Waals surface area contributed by atoms with E-state index in [0.29, 0.717) is 23.8 Å². The Labute approximate surface area is 140 Å². The molecule has 0 spiro atoms. The van der Waals surface area contributed by atoms with Crippen LogP contribution in [-0.4, -0.2) is 18.3 Å². The summed E-state index contributed by atoms with van der Waals surface area (Å²) >= 11 is 7.41. The van der Waals surface area contributed by atoms with E-state index in [4.69, 9.17) is 16.3 Å². The second-order valence-electron chi connectivity index (χ2n) is 4.60. The zero-order valence-corrected chi connectivity index (χ0v) is 13.9. The van der Waals surface area contributed by atoms with Crippen molar-refractivity contribution < 1.29 is 9.53 Å². The van der Waals surface area contributed by atoms with E-state index in [2.05, 4.69) is 5.32 Å². The van der Waals surface area contributed by atoms with Gasteiger partial charge in [0.1, 0.15) is 5.75 Å². The van der Waals surface area contributed by atoms with Crippen molar-refractivity contribution in [3.8, 4) is 5.75 Å². The number of carbonyl (C=O) groups excluding carboxylic acids is 1. The van der Waals surface area contributed by atoms with Crippen molar-refractivity contribution in [2.45, 2.75) is 12.7 Å². The lowest BCUT2D eigenvalue weighted by Gasteiger charge is -2.11. The van der Waals surface area contributed by atoms with Crippen LogP contribution < -0.4 is 10.1 Å². The Balaban J connectivity index is 1.82. The number of amides is 1. The molecule has 2 rings (SSSR count). The third-order valence-corrected chi connectivity index (χ3v) is 4.13. The summed E-state index contributed by atoms with van der Waals surface area (Å²) in [5.41, 5.74) is 1.86. The summed E-state index contributed by atoms with van der Waals surface area (Å²) in [7, 11) is 0. The van der Waals surface area contributed by atoms with Crippen molar-refractivity contribution in [3.05, 3.63) is 59.1 Å². The number of benzene rings is 2. The molecule has 0 heterocycles. The van der Waals surface area contributed by atoms with E-state index in [1.807, 2.05) is 55.5 Å². The summed E-state index contributed by atoms with van der Waals surface area (Å²) in [5, 5.41) is 3.61. The standard InChI is InChI=1S/C17H18ClNO2S/c1-2-21-16-6-4-3-5-15(16)19-17(20)12-22-11-13-7-9-14(18)10-8-13/h3-10H,2,11-12H2,1H3,(H,19,20). The molecule has 0 aliphatic rings. The molecule has 0 fully saturated rings. The van der Waals surface area contributed by atoms with Gasteiger partial charge in [-0.3, -0.25) is 4.79 Å². The van der Waals surface area contributed by atoms with Crippen molar-refractivity contribution in [1.29, 1.82) is 0 Å². The van der Waals surface area contributed by atoms with Gasteiger partial charge in [0.2, 0.25) is 5.91 Å². The highest BCUT2D eigenvalue weighted by atomic mass is 35.5. The van der Waals surface area contributed by atoms with E-state index in [9.17, 15) is 4.79 Å². The molecule has 5 heteroatoms. The molecule has 2 aromatic rings. The van der Waals surface area contributed by atoms with E-state index in [0.717, 1.165) is 16.3 Å². The van der Waals surface area contributed by atoms with Crippen molar-refractivity contribution >= 4 is 35.0 Å². The Morgan fingerprint density at radius 3 is 2.64 bits per heavy atom. The summed E-state index contributed by atoms with van der Waals surface area (Å²) in [6.45, 7) is 2.48. The summed E-state index contributed by atoms with van der Waals surface area (Å²) in [6, 6.07) is 15.1.